The van der Waals surface area contributed by atoms with Gasteiger partial charge in [-0.05, 0) is 23.8 Å². The molecule has 3 rings (SSSR count). The van der Waals surface area contributed by atoms with Gasteiger partial charge >= 0.3 is 0 Å². The van der Waals surface area contributed by atoms with E-state index >= 15 is 0 Å². The smallest absolute Gasteiger partial charge is 0.272 e. The van der Waals surface area contributed by atoms with Gasteiger partial charge in [0.15, 0.2) is 0 Å². The lowest BCUT2D eigenvalue weighted by atomic mass is 10.2. The SMILES string of the molecule is COc1cccc(Nc2nccc(C(=O)N(C)Cc3ccccc3)n2)c1. The van der Waals surface area contributed by atoms with Crippen LogP contribution in [0.25, 0.3) is 0 Å². The number of aromatic nitrogens is 2. The van der Waals surface area contributed by atoms with Crippen molar-refractivity contribution in [2.24, 2.45) is 0 Å². The van der Waals surface area contributed by atoms with E-state index in [0.29, 0.717) is 18.2 Å². The van der Waals surface area contributed by atoms with Gasteiger partial charge in [0.25, 0.3) is 5.91 Å². The summed E-state index contributed by atoms with van der Waals surface area (Å²) < 4.78 is 5.20. The Morgan fingerprint density at radius 2 is 1.92 bits per heavy atom. The van der Waals surface area contributed by atoms with Crippen molar-refractivity contribution in [2.45, 2.75) is 6.54 Å². The molecule has 0 unspecified atom stereocenters. The monoisotopic (exact) mass is 348 g/mol. The lowest BCUT2D eigenvalue weighted by Gasteiger charge is -2.17. The number of benzene rings is 2. The van der Waals surface area contributed by atoms with Gasteiger partial charge in [-0.1, -0.05) is 36.4 Å². The van der Waals surface area contributed by atoms with E-state index < -0.39 is 0 Å². The average molecular weight is 348 g/mol. The number of carbonyl (C=O) groups is 1. The van der Waals surface area contributed by atoms with Crippen LogP contribution in [0.15, 0.2) is 66.9 Å². The highest BCUT2D eigenvalue weighted by atomic mass is 16.5. The van der Waals surface area contributed by atoms with E-state index in [9.17, 15) is 4.79 Å². The van der Waals surface area contributed by atoms with Crippen LogP contribution in [0.2, 0.25) is 0 Å². The Morgan fingerprint density at radius 3 is 2.69 bits per heavy atom. The fourth-order valence-electron chi connectivity index (χ4n) is 2.49. The van der Waals surface area contributed by atoms with Crippen molar-refractivity contribution in [2.75, 3.05) is 19.5 Å². The molecular formula is C20H20N4O2. The quantitative estimate of drug-likeness (QED) is 0.738. The maximum absolute atomic E-state index is 12.6. The number of ether oxygens (including phenoxy) is 1. The number of nitrogens with one attached hydrogen (secondary N) is 1. The first-order chi connectivity index (χ1) is 12.7. The Hall–Kier alpha value is -3.41. The molecule has 0 aliphatic carbocycles. The largest absolute Gasteiger partial charge is 0.497 e. The molecule has 1 heterocycles. The predicted molar refractivity (Wildman–Crippen MR) is 101 cm³/mol. The van der Waals surface area contributed by atoms with Gasteiger partial charge in [0.2, 0.25) is 5.95 Å². The van der Waals surface area contributed by atoms with Crippen LogP contribution in [0.1, 0.15) is 16.1 Å². The normalized spacial score (nSPS) is 10.2. The van der Waals surface area contributed by atoms with Crippen LogP contribution in [0.4, 0.5) is 11.6 Å². The van der Waals surface area contributed by atoms with Crippen molar-refractivity contribution < 1.29 is 9.53 Å². The van der Waals surface area contributed by atoms with E-state index in [1.807, 2.05) is 54.6 Å². The first-order valence-corrected chi connectivity index (χ1v) is 8.19. The molecule has 0 atom stereocenters. The van der Waals surface area contributed by atoms with Gasteiger partial charge in [0.1, 0.15) is 11.4 Å². The third-order valence-electron chi connectivity index (χ3n) is 3.81. The van der Waals surface area contributed by atoms with E-state index in [-0.39, 0.29) is 5.91 Å². The summed E-state index contributed by atoms with van der Waals surface area (Å²) in [5.74, 6) is 0.923. The van der Waals surface area contributed by atoms with Crippen molar-refractivity contribution in [3.05, 3.63) is 78.1 Å². The highest BCUT2D eigenvalue weighted by Crippen LogP contribution is 2.19. The van der Waals surface area contributed by atoms with Gasteiger partial charge in [-0.25, -0.2) is 9.97 Å². The van der Waals surface area contributed by atoms with Crippen molar-refractivity contribution in [3.63, 3.8) is 0 Å². The molecule has 1 aromatic heterocycles. The topological polar surface area (TPSA) is 67.3 Å². The summed E-state index contributed by atoms with van der Waals surface area (Å²) in [6, 6.07) is 18.9. The maximum atomic E-state index is 12.6. The van der Waals surface area contributed by atoms with E-state index in [1.165, 1.54) is 0 Å². The van der Waals surface area contributed by atoms with Crippen molar-refractivity contribution in [1.82, 2.24) is 14.9 Å². The zero-order chi connectivity index (χ0) is 18.4. The molecule has 0 saturated carbocycles. The fraction of sp³-hybridized carbons (Fsp3) is 0.150. The predicted octanol–water partition coefficient (Wildman–Crippen LogP) is 3.50. The van der Waals surface area contributed by atoms with E-state index in [4.69, 9.17) is 4.74 Å². The molecule has 0 saturated heterocycles. The molecule has 1 amide bonds. The lowest BCUT2D eigenvalue weighted by molar-refractivity contribution is 0.0779. The molecule has 0 radical (unpaired) electrons. The van der Waals surface area contributed by atoms with Gasteiger partial charge in [-0.3, -0.25) is 4.79 Å². The van der Waals surface area contributed by atoms with Crippen LogP contribution in [-0.4, -0.2) is 34.9 Å². The van der Waals surface area contributed by atoms with Crippen LogP contribution in [0.3, 0.4) is 0 Å². The molecule has 0 aliphatic heterocycles. The number of amides is 1. The van der Waals surface area contributed by atoms with Crippen LogP contribution in [0.5, 0.6) is 5.75 Å². The Morgan fingerprint density at radius 1 is 1.12 bits per heavy atom. The summed E-state index contributed by atoms with van der Waals surface area (Å²) in [6.45, 7) is 0.516. The number of hydrogen-bond acceptors (Lipinski definition) is 5. The number of rotatable bonds is 6. The maximum Gasteiger partial charge on any atom is 0.272 e. The second-order valence-electron chi connectivity index (χ2n) is 5.77. The minimum absolute atomic E-state index is 0.162. The van der Waals surface area contributed by atoms with E-state index in [1.54, 1.807) is 31.3 Å². The third-order valence-corrected chi connectivity index (χ3v) is 3.81. The number of carbonyl (C=O) groups excluding carboxylic acids is 1. The molecule has 2 aromatic carbocycles. The van der Waals surface area contributed by atoms with Crippen LogP contribution >= 0.6 is 0 Å². The lowest BCUT2D eigenvalue weighted by Crippen LogP contribution is -2.27. The third kappa shape index (κ3) is 4.36. The summed E-state index contributed by atoms with van der Waals surface area (Å²) in [5.41, 5.74) is 2.18. The van der Waals surface area contributed by atoms with E-state index in [2.05, 4.69) is 15.3 Å². The second kappa shape index (κ2) is 8.11. The highest BCUT2D eigenvalue weighted by molar-refractivity contribution is 5.92. The summed E-state index contributed by atoms with van der Waals surface area (Å²) in [7, 11) is 3.37. The Kier molecular flexibility index (Phi) is 5.43. The molecule has 0 bridgehead atoms. The number of nitrogens with zero attached hydrogens (tertiary/aromatic N) is 3. The van der Waals surface area contributed by atoms with Gasteiger partial charge in [0.05, 0.1) is 7.11 Å². The van der Waals surface area contributed by atoms with Gasteiger partial charge in [-0.2, -0.15) is 0 Å². The number of anilines is 2. The molecule has 3 aromatic rings. The van der Waals surface area contributed by atoms with Gasteiger partial charge in [0, 0.05) is 31.5 Å². The Balaban J connectivity index is 1.72. The molecule has 0 spiro atoms. The standard InChI is InChI=1S/C20H20N4O2/c1-24(14-15-7-4-3-5-8-15)19(25)18-11-12-21-20(23-18)22-16-9-6-10-17(13-16)26-2/h3-13H,14H2,1-2H3,(H,21,22,23). The minimum Gasteiger partial charge on any atom is -0.497 e. The first-order valence-electron chi connectivity index (χ1n) is 8.19. The molecule has 0 fully saturated rings. The summed E-state index contributed by atoms with van der Waals surface area (Å²) in [5, 5.41) is 3.09. The summed E-state index contributed by atoms with van der Waals surface area (Å²) >= 11 is 0. The van der Waals surface area contributed by atoms with Crippen molar-refractivity contribution in [1.29, 1.82) is 0 Å². The average Bonchev–Trinajstić information content (AvgIpc) is 2.68. The first kappa shape index (κ1) is 17.4. The van der Waals surface area contributed by atoms with Crippen LogP contribution in [0, 0.1) is 0 Å². The number of hydrogen-bond donors (Lipinski definition) is 1. The fourth-order valence-corrected chi connectivity index (χ4v) is 2.49. The van der Waals surface area contributed by atoms with Crippen LogP contribution < -0.4 is 10.1 Å². The van der Waals surface area contributed by atoms with E-state index in [0.717, 1.165) is 17.0 Å². The van der Waals surface area contributed by atoms with Crippen LogP contribution in [-0.2, 0) is 6.54 Å². The Bertz CT molecular complexity index is 884. The van der Waals surface area contributed by atoms with Gasteiger partial charge < -0.3 is 15.0 Å². The zero-order valence-electron chi connectivity index (χ0n) is 14.7. The molecule has 26 heavy (non-hydrogen) atoms. The molecule has 0 aliphatic rings. The zero-order valence-corrected chi connectivity index (χ0v) is 14.7. The van der Waals surface area contributed by atoms with Gasteiger partial charge in [-0.15, -0.1) is 0 Å². The highest BCUT2D eigenvalue weighted by Gasteiger charge is 2.14. The molecule has 1 N–H and O–H groups in total. The molecular weight excluding hydrogens is 328 g/mol. The Labute approximate surface area is 152 Å². The second-order valence-corrected chi connectivity index (χ2v) is 5.77. The van der Waals surface area contributed by atoms with Crippen molar-refractivity contribution in [3.8, 4) is 5.75 Å². The molecule has 6 heteroatoms. The summed E-state index contributed by atoms with van der Waals surface area (Å²) in [6.07, 6.45) is 1.57. The molecule has 6 nitrogen and oxygen atoms in total. The van der Waals surface area contributed by atoms with Crippen molar-refractivity contribution >= 4 is 17.5 Å². The molecule has 132 valence electrons. The number of methoxy groups -OCH3 is 1. The summed E-state index contributed by atoms with van der Waals surface area (Å²) in [4.78, 5) is 22.8. The minimum atomic E-state index is -0.162.